The van der Waals surface area contributed by atoms with Crippen molar-refractivity contribution in [3.05, 3.63) is 18.2 Å². The van der Waals surface area contributed by atoms with Crippen LogP contribution >= 0.6 is 0 Å². The number of nitrogens with one attached hydrogen (secondary N) is 3. The van der Waals surface area contributed by atoms with Crippen molar-refractivity contribution in [3.8, 4) is 5.75 Å². The van der Waals surface area contributed by atoms with E-state index in [1.165, 1.54) is 14.0 Å². The maximum atomic E-state index is 12.2. The molecule has 2 atom stereocenters. The lowest BCUT2D eigenvalue weighted by atomic mass is 10.1. The molecular weight excluding hydrogens is 310 g/mol. The number of rotatable bonds is 6. The minimum absolute atomic E-state index is 0.123. The first-order valence-corrected chi connectivity index (χ1v) is 8.05. The molecular formula is C17H25N3O4. The van der Waals surface area contributed by atoms with Gasteiger partial charge in [-0.2, -0.15) is 0 Å². The van der Waals surface area contributed by atoms with Crippen LogP contribution in [0.4, 0.5) is 16.2 Å². The summed E-state index contributed by atoms with van der Waals surface area (Å²) in [6.07, 6.45) is 3.11. The average molecular weight is 335 g/mol. The highest BCUT2D eigenvalue weighted by Gasteiger charge is 2.28. The zero-order valence-corrected chi connectivity index (χ0v) is 14.3. The summed E-state index contributed by atoms with van der Waals surface area (Å²) in [4.78, 5) is 23.5. The standard InChI is InChI=1S/C17H25N3O4/c1-11(21)18-15-9-13(7-8-16(15)24-3)19-17(22)20-14-6-4-5-12(14)10-23-2/h7-9,12,14H,4-6,10H2,1-3H3,(H,18,21)(H2,19,20,22). The van der Waals surface area contributed by atoms with Crippen LogP contribution in [0.3, 0.4) is 0 Å². The van der Waals surface area contributed by atoms with Gasteiger partial charge >= 0.3 is 6.03 Å². The van der Waals surface area contributed by atoms with Crippen molar-refractivity contribution in [2.75, 3.05) is 31.5 Å². The minimum atomic E-state index is -0.262. The molecule has 2 unspecified atom stereocenters. The van der Waals surface area contributed by atoms with Crippen molar-refractivity contribution in [2.24, 2.45) is 5.92 Å². The lowest BCUT2D eigenvalue weighted by molar-refractivity contribution is -0.114. The van der Waals surface area contributed by atoms with E-state index < -0.39 is 0 Å². The van der Waals surface area contributed by atoms with Gasteiger partial charge in [0.05, 0.1) is 19.4 Å². The molecule has 1 aromatic carbocycles. The molecule has 1 fully saturated rings. The Balaban J connectivity index is 1.99. The first kappa shape index (κ1) is 18.1. The van der Waals surface area contributed by atoms with Crippen LogP contribution in [0.2, 0.25) is 0 Å². The van der Waals surface area contributed by atoms with Crippen LogP contribution in [-0.2, 0) is 9.53 Å². The molecule has 1 aliphatic rings. The fraction of sp³-hybridized carbons (Fsp3) is 0.529. The lowest BCUT2D eigenvalue weighted by Crippen LogP contribution is -2.41. The highest BCUT2D eigenvalue weighted by atomic mass is 16.5. The molecule has 1 aliphatic carbocycles. The van der Waals surface area contributed by atoms with E-state index in [-0.39, 0.29) is 18.0 Å². The van der Waals surface area contributed by atoms with Crippen molar-refractivity contribution in [3.63, 3.8) is 0 Å². The zero-order chi connectivity index (χ0) is 17.5. The second kappa shape index (κ2) is 8.54. The van der Waals surface area contributed by atoms with Gasteiger partial charge in [-0.3, -0.25) is 4.79 Å². The molecule has 1 saturated carbocycles. The quantitative estimate of drug-likeness (QED) is 0.745. The summed E-state index contributed by atoms with van der Waals surface area (Å²) in [5, 5.41) is 8.48. The van der Waals surface area contributed by atoms with Crippen LogP contribution in [0.25, 0.3) is 0 Å². The van der Waals surface area contributed by atoms with E-state index in [4.69, 9.17) is 9.47 Å². The third-order valence-electron chi connectivity index (χ3n) is 4.12. The third kappa shape index (κ3) is 4.86. The van der Waals surface area contributed by atoms with Crippen molar-refractivity contribution >= 4 is 23.3 Å². The maximum absolute atomic E-state index is 12.2. The molecule has 0 bridgehead atoms. The van der Waals surface area contributed by atoms with Crippen LogP contribution < -0.4 is 20.7 Å². The van der Waals surface area contributed by atoms with E-state index in [1.54, 1.807) is 25.3 Å². The van der Waals surface area contributed by atoms with Crippen molar-refractivity contribution < 1.29 is 19.1 Å². The van der Waals surface area contributed by atoms with Gasteiger partial charge < -0.3 is 25.4 Å². The molecule has 7 nitrogen and oxygen atoms in total. The molecule has 1 aromatic rings. The van der Waals surface area contributed by atoms with E-state index in [1.807, 2.05) is 0 Å². The van der Waals surface area contributed by atoms with Gasteiger partial charge in [0.1, 0.15) is 5.75 Å². The number of benzene rings is 1. The Bertz CT molecular complexity index is 591. The topological polar surface area (TPSA) is 88.7 Å². The molecule has 0 aliphatic heterocycles. The number of carbonyl (C=O) groups excluding carboxylic acids is 2. The number of urea groups is 1. The van der Waals surface area contributed by atoms with Gasteiger partial charge in [-0.05, 0) is 31.0 Å². The Hall–Kier alpha value is -2.28. The highest BCUT2D eigenvalue weighted by Crippen LogP contribution is 2.28. The normalized spacial score (nSPS) is 19.6. The SMILES string of the molecule is COCC1CCCC1NC(=O)Nc1ccc(OC)c(NC(C)=O)c1. The largest absolute Gasteiger partial charge is 0.495 e. The van der Waals surface area contributed by atoms with Crippen molar-refractivity contribution in [1.29, 1.82) is 0 Å². The molecule has 0 spiro atoms. The van der Waals surface area contributed by atoms with Crippen molar-refractivity contribution in [1.82, 2.24) is 5.32 Å². The number of methoxy groups -OCH3 is 2. The smallest absolute Gasteiger partial charge is 0.319 e. The van der Waals surface area contributed by atoms with E-state index in [9.17, 15) is 9.59 Å². The lowest BCUT2D eigenvalue weighted by Gasteiger charge is -2.20. The Kier molecular flexibility index (Phi) is 6.43. The zero-order valence-electron chi connectivity index (χ0n) is 14.3. The van der Waals surface area contributed by atoms with Gasteiger partial charge in [-0.1, -0.05) is 6.42 Å². The summed E-state index contributed by atoms with van der Waals surface area (Å²) in [5.41, 5.74) is 1.10. The van der Waals surface area contributed by atoms with Gasteiger partial charge in [0, 0.05) is 31.7 Å². The first-order chi connectivity index (χ1) is 11.5. The number of carbonyl (C=O) groups is 2. The summed E-state index contributed by atoms with van der Waals surface area (Å²) in [6, 6.07) is 4.95. The number of hydrogen-bond acceptors (Lipinski definition) is 4. The van der Waals surface area contributed by atoms with Gasteiger partial charge in [-0.15, -0.1) is 0 Å². The van der Waals surface area contributed by atoms with Crippen molar-refractivity contribution in [2.45, 2.75) is 32.2 Å². The highest BCUT2D eigenvalue weighted by molar-refractivity contribution is 5.94. The van der Waals surface area contributed by atoms with Crippen LogP contribution in [0.1, 0.15) is 26.2 Å². The monoisotopic (exact) mass is 335 g/mol. The van der Waals surface area contributed by atoms with E-state index in [0.717, 1.165) is 19.3 Å². The van der Waals surface area contributed by atoms with Gasteiger partial charge in [0.15, 0.2) is 0 Å². The molecule has 132 valence electrons. The molecule has 3 N–H and O–H groups in total. The number of hydrogen-bond donors (Lipinski definition) is 3. The van der Waals surface area contributed by atoms with Crippen LogP contribution in [-0.4, -0.2) is 38.8 Å². The summed E-state index contributed by atoms with van der Waals surface area (Å²) in [6.45, 7) is 2.07. The first-order valence-electron chi connectivity index (χ1n) is 8.05. The molecule has 3 amide bonds. The fourth-order valence-electron chi connectivity index (χ4n) is 3.05. The molecule has 0 heterocycles. The van der Waals surface area contributed by atoms with E-state index in [0.29, 0.717) is 29.6 Å². The summed E-state index contributed by atoms with van der Waals surface area (Å²) >= 11 is 0. The summed E-state index contributed by atoms with van der Waals surface area (Å²) < 4.78 is 10.4. The Morgan fingerprint density at radius 2 is 2.00 bits per heavy atom. The molecule has 0 radical (unpaired) electrons. The second-order valence-corrected chi connectivity index (χ2v) is 5.95. The van der Waals surface area contributed by atoms with Crippen LogP contribution in [0, 0.1) is 5.92 Å². The fourth-order valence-corrected chi connectivity index (χ4v) is 3.05. The molecule has 7 heteroatoms. The van der Waals surface area contributed by atoms with Crippen LogP contribution in [0.15, 0.2) is 18.2 Å². The summed E-state index contributed by atoms with van der Waals surface area (Å²) in [7, 11) is 3.20. The van der Waals surface area contributed by atoms with E-state index >= 15 is 0 Å². The van der Waals surface area contributed by atoms with Crippen LogP contribution in [0.5, 0.6) is 5.75 Å². The van der Waals surface area contributed by atoms with E-state index in [2.05, 4.69) is 16.0 Å². The Labute approximate surface area is 142 Å². The van der Waals surface area contributed by atoms with Gasteiger partial charge in [0.2, 0.25) is 5.91 Å². The Morgan fingerprint density at radius 3 is 2.67 bits per heavy atom. The Morgan fingerprint density at radius 1 is 1.21 bits per heavy atom. The predicted molar refractivity (Wildman–Crippen MR) is 92.5 cm³/mol. The predicted octanol–water partition coefficient (Wildman–Crippen LogP) is 2.59. The molecule has 0 saturated heterocycles. The number of anilines is 2. The summed E-state index contributed by atoms with van der Waals surface area (Å²) in [5.74, 6) is 0.682. The minimum Gasteiger partial charge on any atom is -0.495 e. The maximum Gasteiger partial charge on any atom is 0.319 e. The number of ether oxygens (including phenoxy) is 2. The molecule has 2 rings (SSSR count). The average Bonchev–Trinajstić information content (AvgIpc) is 2.94. The van der Waals surface area contributed by atoms with Gasteiger partial charge in [-0.25, -0.2) is 4.79 Å². The number of amides is 3. The third-order valence-corrected chi connectivity index (χ3v) is 4.12. The second-order valence-electron chi connectivity index (χ2n) is 5.95. The molecule has 0 aromatic heterocycles. The van der Waals surface area contributed by atoms with Gasteiger partial charge in [0.25, 0.3) is 0 Å². The molecule has 24 heavy (non-hydrogen) atoms.